The van der Waals surface area contributed by atoms with E-state index in [4.69, 9.17) is 4.74 Å². The Balaban J connectivity index is 2.36. The van der Waals surface area contributed by atoms with E-state index in [1.165, 1.54) is 12.5 Å². The van der Waals surface area contributed by atoms with Gasteiger partial charge in [-0.05, 0) is 31.5 Å². The zero-order valence-electron chi connectivity index (χ0n) is 11.4. The van der Waals surface area contributed by atoms with E-state index in [1.54, 1.807) is 0 Å². The van der Waals surface area contributed by atoms with Crippen LogP contribution in [0.2, 0.25) is 19.1 Å². The van der Waals surface area contributed by atoms with Gasteiger partial charge in [-0.3, -0.25) is 0 Å². The minimum absolute atomic E-state index is 0.204. The van der Waals surface area contributed by atoms with Crippen LogP contribution >= 0.6 is 0 Å². The topological polar surface area (TPSA) is 29.5 Å². The first-order valence-corrected chi connectivity index (χ1v) is 9.75. The number of nitrogens with zero attached hydrogens (tertiary/aromatic N) is 1. The van der Waals surface area contributed by atoms with Crippen molar-refractivity contribution in [1.82, 2.24) is 0 Å². The van der Waals surface area contributed by atoms with E-state index >= 15 is 0 Å². The summed E-state index contributed by atoms with van der Waals surface area (Å²) in [6.45, 7) is 8.06. The van der Waals surface area contributed by atoms with Crippen molar-refractivity contribution >= 4 is 19.9 Å². The highest BCUT2D eigenvalue weighted by molar-refractivity contribution is 6.81. The molecule has 0 N–H and O–H groups in total. The molecule has 4 heteroatoms. The fourth-order valence-electron chi connectivity index (χ4n) is 2.64. The van der Waals surface area contributed by atoms with Crippen molar-refractivity contribution in [1.29, 1.82) is 0 Å². The van der Waals surface area contributed by atoms with Gasteiger partial charge in [0.05, 0.1) is 12.2 Å². The van der Waals surface area contributed by atoms with Gasteiger partial charge in [0.2, 0.25) is 0 Å². The van der Waals surface area contributed by atoms with E-state index < -0.39 is 8.24 Å². The summed E-state index contributed by atoms with van der Waals surface area (Å²) in [5.41, 5.74) is 1.77. The lowest BCUT2D eigenvalue weighted by Gasteiger charge is -2.33. The predicted octanol–water partition coefficient (Wildman–Crippen LogP) is 3.28. The lowest BCUT2D eigenvalue weighted by Crippen LogP contribution is -2.44. The summed E-state index contributed by atoms with van der Waals surface area (Å²) < 4.78 is 7.60. The summed E-state index contributed by atoms with van der Waals surface area (Å²) in [5.74, 6) is -0.204. The molecule has 0 radical (unpaired) electrons. The standard InChI is InChI=1S/C14H21NO2Si/c1-4-17-14(16)12-8-5-6-9-13(12)15-10-7-11-18(15,2)3/h5-6,8-9H,4,7,10-11H2,1-3H3. The van der Waals surface area contributed by atoms with Gasteiger partial charge in [0, 0.05) is 12.2 Å². The van der Waals surface area contributed by atoms with Crippen LogP contribution in [0.5, 0.6) is 0 Å². The summed E-state index contributed by atoms with van der Waals surface area (Å²) in [6, 6.07) is 9.12. The maximum absolute atomic E-state index is 12.0. The Morgan fingerprint density at radius 1 is 1.39 bits per heavy atom. The van der Waals surface area contributed by atoms with Crippen LogP contribution in [-0.2, 0) is 4.74 Å². The molecule has 0 bridgehead atoms. The smallest absolute Gasteiger partial charge is 0.340 e. The van der Waals surface area contributed by atoms with Crippen molar-refractivity contribution in [2.24, 2.45) is 0 Å². The van der Waals surface area contributed by atoms with Gasteiger partial charge in [-0.25, -0.2) is 4.79 Å². The fraction of sp³-hybridized carbons (Fsp3) is 0.500. The number of hydrogen-bond donors (Lipinski definition) is 0. The van der Waals surface area contributed by atoms with E-state index in [0.29, 0.717) is 12.2 Å². The zero-order chi connectivity index (χ0) is 13.2. The highest BCUT2D eigenvalue weighted by Gasteiger charge is 2.36. The molecule has 0 aromatic heterocycles. The first kappa shape index (κ1) is 13.1. The second kappa shape index (κ2) is 5.14. The summed E-state index contributed by atoms with van der Waals surface area (Å²) in [6.07, 6.45) is 1.23. The molecule has 0 amide bonds. The second-order valence-electron chi connectivity index (χ2n) is 5.31. The summed E-state index contributed by atoms with van der Waals surface area (Å²) in [7, 11) is -1.39. The summed E-state index contributed by atoms with van der Waals surface area (Å²) >= 11 is 0. The average molecular weight is 263 g/mol. The highest BCUT2D eigenvalue weighted by atomic mass is 28.3. The third-order valence-electron chi connectivity index (χ3n) is 3.59. The Labute approximate surface area is 110 Å². The van der Waals surface area contributed by atoms with Gasteiger partial charge in [-0.1, -0.05) is 25.2 Å². The van der Waals surface area contributed by atoms with E-state index in [0.717, 1.165) is 12.2 Å². The van der Waals surface area contributed by atoms with Crippen LogP contribution in [0.15, 0.2) is 24.3 Å². The van der Waals surface area contributed by atoms with Crippen molar-refractivity contribution in [2.75, 3.05) is 17.7 Å². The SMILES string of the molecule is CCOC(=O)c1ccccc1N1CCC[Si]1(C)C. The Kier molecular flexibility index (Phi) is 3.75. The van der Waals surface area contributed by atoms with Gasteiger partial charge >= 0.3 is 5.97 Å². The predicted molar refractivity (Wildman–Crippen MR) is 76.7 cm³/mol. The van der Waals surface area contributed by atoms with Crippen molar-refractivity contribution < 1.29 is 9.53 Å². The number of ether oxygens (including phenoxy) is 1. The van der Waals surface area contributed by atoms with Crippen LogP contribution in [0.4, 0.5) is 5.69 Å². The molecule has 1 aliphatic rings. The molecular formula is C14H21NO2Si. The van der Waals surface area contributed by atoms with Crippen LogP contribution in [-0.4, -0.2) is 27.4 Å². The quantitative estimate of drug-likeness (QED) is 0.619. The molecule has 0 aliphatic carbocycles. The van der Waals surface area contributed by atoms with Crippen LogP contribution in [0.3, 0.4) is 0 Å². The Morgan fingerprint density at radius 2 is 2.11 bits per heavy atom. The molecule has 1 fully saturated rings. The van der Waals surface area contributed by atoms with E-state index in [-0.39, 0.29) is 5.97 Å². The largest absolute Gasteiger partial charge is 0.462 e. The molecule has 3 nitrogen and oxygen atoms in total. The lowest BCUT2D eigenvalue weighted by atomic mass is 10.2. The number of carbonyl (C=O) groups is 1. The summed E-state index contributed by atoms with van der Waals surface area (Å²) in [5, 5.41) is 0. The molecule has 18 heavy (non-hydrogen) atoms. The molecule has 0 atom stereocenters. The minimum Gasteiger partial charge on any atom is -0.462 e. The Morgan fingerprint density at radius 3 is 2.72 bits per heavy atom. The average Bonchev–Trinajstić information content (AvgIpc) is 2.69. The molecule has 0 saturated carbocycles. The molecule has 2 rings (SSSR count). The molecular weight excluding hydrogens is 242 g/mol. The number of rotatable bonds is 3. The Bertz CT molecular complexity index is 445. The second-order valence-corrected chi connectivity index (χ2v) is 9.97. The van der Waals surface area contributed by atoms with Crippen LogP contribution in [0.1, 0.15) is 23.7 Å². The van der Waals surface area contributed by atoms with Gasteiger partial charge in [0.15, 0.2) is 8.24 Å². The van der Waals surface area contributed by atoms with Crippen LogP contribution < -0.4 is 4.57 Å². The van der Waals surface area contributed by atoms with E-state index in [9.17, 15) is 4.79 Å². The first-order chi connectivity index (χ1) is 8.56. The van der Waals surface area contributed by atoms with Crippen LogP contribution in [0, 0.1) is 0 Å². The third kappa shape index (κ3) is 2.43. The van der Waals surface area contributed by atoms with Crippen LogP contribution in [0.25, 0.3) is 0 Å². The molecule has 0 unspecified atom stereocenters. The molecule has 1 aromatic rings. The van der Waals surface area contributed by atoms with Crippen molar-refractivity contribution in [3.63, 3.8) is 0 Å². The van der Waals surface area contributed by atoms with Crippen molar-refractivity contribution in [3.05, 3.63) is 29.8 Å². The zero-order valence-corrected chi connectivity index (χ0v) is 12.4. The van der Waals surface area contributed by atoms with E-state index in [1.807, 2.05) is 31.2 Å². The number of esters is 1. The molecule has 98 valence electrons. The van der Waals surface area contributed by atoms with Gasteiger partial charge in [-0.2, -0.15) is 0 Å². The Hall–Kier alpha value is -1.29. The van der Waals surface area contributed by atoms with Gasteiger partial charge < -0.3 is 9.30 Å². The maximum Gasteiger partial charge on any atom is 0.340 e. The monoisotopic (exact) mass is 263 g/mol. The maximum atomic E-state index is 12.0. The van der Waals surface area contributed by atoms with Gasteiger partial charge in [0.25, 0.3) is 0 Å². The molecule has 1 heterocycles. The molecule has 1 saturated heterocycles. The molecule has 1 aliphatic heterocycles. The first-order valence-electron chi connectivity index (χ1n) is 6.60. The lowest BCUT2D eigenvalue weighted by molar-refractivity contribution is 0.0527. The number of carbonyl (C=O) groups excluding carboxylic acids is 1. The fourth-order valence-corrected chi connectivity index (χ4v) is 5.55. The summed E-state index contributed by atoms with van der Waals surface area (Å²) in [4.78, 5) is 12.0. The molecule has 0 spiro atoms. The van der Waals surface area contributed by atoms with Gasteiger partial charge in [0.1, 0.15) is 0 Å². The number of hydrogen-bond acceptors (Lipinski definition) is 3. The van der Waals surface area contributed by atoms with Crippen molar-refractivity contribution in [2.45, 2.75) is 32.5 Å². The third-order valence-corrected chi connectivity index (χ3v) is 7.09. The van der Waals surface area contributed by atoms with Gasteiger partial charge in [-0.15, -0.1) is 0 Å². The van der Waals surface area contributed by atoms with E-state index in [2.05, 4.69) is 17.7 Å². The number of anilines is 1. The highest BCUT2D eigenvalue weighted by Crippen LogP contribution is 2.33. The normalized spacial score (nSPS) is 17.8. The van der Waals surface area contributed by atoms with Crippen molar-refractivity contribution in [3.8, 4) is 0 Å². The number of para-hydroxylation sites is 1. The minimum atomic E-state index is -1.39. The number of benzene rings is 1. The molecule has 1 aromatic carbocycles.